The lowest BCUT2D eigenvalue weighted by molar-refractivity contribution is -0.143. The van der Waals surface area contributed by atoms with Gasteiger partial charge in [-0.15, -0.1) is 0 Å². The third-order valence-electron chi connectivity index (χ3n) is 1.88. The maximum absolute atomic E-state index is 11.4. The highest BCUT2D eigenvalue weighted by Crippen LogP contribution is 2.17. The zero-order valence-corrected chi connectivity index (χ0v) is 8.67. The molecule has 16 heavy (non-hydrogen) atoms. The summed E-state index contributed by atoms with van der Waals surface area (Å²) in [4.78, 5) is 15.3. The van der Waals surface area contributed by atoms with Gasteiger partial charge in [-0.1, -0.05) is 0 Å². The number of esters is 1. The molecule has 0 N–H and O–H groups in total. The van der Waals surface area contributed by atoms with E-state index in [9.17, 15) is 4.79 Å². The van der Waals surface area contributed by atoms with Gasteiger partial charge in [-0.05, 0) is 19.1 Å². The summed E-state index contributed by atoms with van der Waals surface area (Å²) >= 11 is 0. The van der Waals surface area contributed by atoms with Crippen molar-refractivity contribution in [2.45, 2.75) is 12.8 Å². The molecule has 0 saturated heterocycles. The maximum Gasteiger partial charge on any atom is 0.329 e. The minimum atomic E-state index is -1.14. The molecule has 0 aliphatic carbocycles. The average Bonchev–Trinajstić information content (AvgIpc) is 2.31. The zero-order valence-electron chi connectivity index (χ0n) is 8.67. The first-order valence-corrected chi connectivity index (χ1v) is 4.65. The molecular weight excluding hydrogens is 206 g/mol. The van der Waals surface area contributed by atoms with Gasteiger partial charge < -0.3 is 4.74 Å². The molecule has 0 fully saturated rings. The maximum atomic E-state index is 11.4. The smallest absolute Gasteiger partial charge is 0.329 e. The Morgan fingerprint density at radius 3 is 2.94 bits per heavy atom. The quantitative estimate of drug-likeness (QED) is 0.705. The molecule has 1 aromatic heterocycles. The van der Waals surface area contributed by atoms with Crippen LogP contribution >= 0.6 is 0 Å². The van der Waals surface area contributed by atoms with Crippen LogP contribution in [0.15, 0.2) is 18.3 Å². The fraction of sp³-hybridized carbons (Fsp3) is 0.273. The molecule has 0 radical (unpaired) electrons. The van der Waals surface area contributed by atoms with Gasteiger partial charge in [0.25, 0.3) is 0 Å². The van der Waals surface area contributed by atoms with Crippen molar-refractivity contribution in [1.82, 2.24) is 4.98 Å². The SMILES string of the molecule is CCOC(=O)C(C#N)c1ncccc1C#N. The minimum absolute atomic E-state index is 0.144. The first-order chi connectivity index (χ1) is 7.74. The molecule has 0 aromatic carbocycles. The van der Waals surface area contributed by atoms with Crippen LogP contribution in [0.1, 0.15) is 24.1 Å². The van der Waals surface area contributed by atoms with Crippen molar-refractivity contribution in [2.75, 3.05) is 6.61 Å². The van der Waals surface area contributed by atoms with Gasteiger partial charge in [0.15, 0.2) is 5.92 Å². The normalized spacial score (nSPS) is 10.9. The van der Waals surface area contributed by atoms with Gasteiger partial charge in [-0.2, -0.15) is 10.5 Å². The second-order valence-electron chi connectivity index (χ2n) is 2.86. The Morgan fingerprint density at radius 2 is 2.38 bits per heavy atom. The Hall–Kier alpha value is -2.40. The number of nitrogens with zero attached hydrogens (tertiary/aromatic N) is 3. The van der Waals surface area contributed by atoms with E-state index in [1.165, 1.54) is 12.3 Å². The molecule has 0 spiro atoms. The standard InChI is InChI=1S/C11H9N3O2/c1-2-16-11(15)9(7-13)10-8(6-12)4-3-5-14-10/h3-5,9H,2H2,1H3. The van der Waals surface area contributed by atoms with Gasteiger partial charge in [0.2, 0.25) is 0 Å². The van der Waals surface area contributed by atoms with Gasteiger partial charge in [-0.25, -0.2) is 0 Å². The fourth-order valence-electron chi connectivity index (χ4n) is 1.19. The van der Waals surface area contributed by atoms with Crippen LogP contribution in [-0.2, 0) is 9.53 Å². The van der Waals surface area contributed by atoms with Gasteiger partial charge in [-0.3, -0.25) is 9.78 Å². The molecule has 1 unspecified atom stereocenters. The van der Waals surface area contributed by atoms with Crippen LogP contribution < -0.4 is 0 Å². The van der Waals surface area contributed by atoms with E-state index in [0.717, 1.165) is 0 Å². The summed E-state index contributed by atoms with van der Waals surface area (Å²) in [5.74, 6) is -1.82. The Morgan fingerprint density at radius 1 is 1.62 bits per heavy atom. The van der Waals surface area contributed by atoms with Gasteiger partial charge in [0.1, 0.15) is 6.07 Å². The zero-order chi connectivity index (χ0) is 12.0. The second kappa shape index (κ2) is 5.47. The lowest BCUT2D eigenvalue weighted by Crippen LogP contribution is -2.16. The number of rotatable bonds is 3. The summed E-state index contributed by atoms with van der Waals surface area (Å²) in [5, 5.41) is 17.7. The fourth-order valence-corrected chi connectivity index (χ4v) is 1.19. The lowest BCUT2D eigenvalue weighted by Gasteiger charge is -2.08. The first kappa shape index (κ1) is 11.7. The van der Waals surface area contributed by atoms with Crippen LogP contribution in [0, 0.1) is 22.7 Å². The molecular formula is C11H9N3O2. The number of hydrogen-bond acceptors (Lipinski definition) is 5. The molecule has 0 saturated carbocycles. The largest absolute Gasteiger partial charge is 0.465 e. The van der Waals surface area contributed by atoms with E-state index in [-0.39, 0.29) is 17.9 Å². The predicted octanol–water partition coefficient (Wildman–Crippen LogP) is 1.12. The van der Waals surface area contributed by atoms with Crippen molar-refractivity contribution < 1.29 is 9.53 Å². The topological polar surface area (TPSA) is 86.8 Å². The van der Waals surface area contributed by atoms with Crippen molar-refractivity contribution in [3.63, 3.8) is 0 Å². The van der Waals surface area contributed by atoms with Crippen molar-refractivity contribution in [3.8, 4) is 12.1 Å². The van der Waals surface area contributed by atoms with Gasteiger partial charge in [0.05, 0.1) is 23.9 Å². The second-order valence-corrected chi connectivity index (χ2v) is 2.86. The Kier molecular flexibility index (Phi) is 3.99. The van der Waals surface area contributed by atoms with Crippen LogP contribution in [0.25, 0.3) is 0 Å². The molecule has 0 aliphatic rings. The Bertz CT molecular complexity index is 471. The molecule has 5 heteroatoms. The molecule has 0 aliphatic heterocycles. The third kappa shape index (κ3) is 2.34. The van der Waals surface area contributed by atoms with Crippen LogP contribution in [-0.4, -0.2) is 17.6 Å². The Balaban J connectivity index is 3.11. The molecule has 1 rings (SSSR count). The average molecular weight is 215 g/mol. The first-order valence-electron chi connectivity index (χ1n) is 4.65. The minimum Gasteiger partial charge on any atom is -0.465 e. The van der Waals surface area contributed by atoms with Gasteiger partial charge in [0, 0.05) is 6.20 Å². The molecule has 0 amide bonds. The number of carbonyl (C=O) groups excluding carboxylic acids is 1. The van der Waals surface area contributed by atoms with E-state index in [2.05, 4.69) is 4.98 Å². The number of ether oxygens (including phenoxy) is 1. The summed E-state index contributed by atoms with van der Waals surface area (Å²) in [5.41, 5.74) is 0.355. The number of pyridine rings is 1. The Labute approximate surface area is 92.9 Å². The summed E-state index contributed by atoms with van der Waals surface area (Å²) in [6, 6.07) is 6.75. The molecule has 1 atom stereocenters. The van der Waals surface area contributed by atoms with E-state index in [1.807, 2.05) is 6.07 Å². The van der Waals surface area contributed by atoms with E-state index in [4.69, 9.17) is 15.3 Å². The van der Waals surface area contributed by atoms with E-state index in [0.29, 0.717) is 0 Å². The highest BCUT2D eigenvalue weighted by atomic mass is 16.5. The summed E-state index contributed by atoms with van der Waals surface area (Å²) < 4.78 is 4.74. The lowest BCUT2D eigenvalue weighted by atomic mass is 10.0. The third-order valence-corrected chi connectivity index (χ3v) is 1.88. The summed E-state index contributed by atoms with van der Waals surface area (Å²) in [7, 11) is 0. The molecule has 80 valence electrons. The molecule has 1 heterocycles. The number of aromatic nitrogens is 1. The van der Waals surface area contributed by atoms with E-state index < -0.39 is 11.9 Å². The number of carbonyl (C=O) groups is 1. The summed E-state index contributed by atoms with van der Waals surface area (Å²) in [6.07, 6.45) is 1.43. The molecule has 1 aromatic rings. The molecule has 0 bridgehead atoms. The number of nitriles is 2. The monoisotopic (exact) mass is 215 g/mol. The summed E-state index contributed by atoms with van der Waals surface area (Å²) in [6.45, 7) is 1.84. The van der Waals surface area contributed by atoms with Crippen LogP contribution in [0.4, 0.5) is 0 Å². The van der Waals surface area contributed by atoms with Crippen molar-refractivity contribution in [3.05, 3.63) is 29.6 Å². The number of hydrogen-bond donors (Lipinski definition) is 0. The molecule has 5 nitrogen and oxygen atoms in total. The van der Waals surface area contributed by atoms with Crippen LogP contribution in [0.5, 0.6) is 0 Å². The van der Waals surface area contributed by atoms with E-state index >= 15 is 0 Å². The van der Waals surface area contributed by atoms with Crippen LogP contribution in [0.2, 0.25) is 0 Å². The van der Waals surface area contributed by atoms with Gasteiger partial charge >= 0.3 is 5.97 Å². The van der Waals surface area contributed by atoms with E-state index in [1.54, 1.807) is 19.1 Å². The predicted molar refractivity (Wildman–Crippen MR) is 53.9 cm³/mol. The highest BCUT2D eigenvalue weighted by Gasteiger charge is 2.25. The van der Waals surface area contributed by atoms with Crippen molar-refractivity contribution in [1.29, 1.82) is 10.5 Å². The van der Waals surface area contributed by atoms with Crippen LogP contribution in [0.3, 0.4) is 0 Å². The van der Waals surface area contributed by atoms with Crippen molar-refractivity contribution in [2.24, 2.45) is 0 Å². The highest BCUT2D eigenvalue weighted by molar-refractivity contribution is 5.81. The van der Waals surface area contributed by atoms with Crippen molar-refractivity contribution >= 4 is 5.97 Å².